The van der Waals surface area contributed by atoms with Gasteiger partial charge in [-0.2, -0.15) is 0 Å². The molecule has 0 saturated carbocycles. The van der Waals surface area contributed by atoms with Crippen molar-refractivity contribution < 1.29 is 9.90 Å². The van der Waals surface area contributed by atoms with Crippen molar-refractivity contribution in [3.05, 3.63) is 65.7 Å². The third-order valence-electron chi connectivity index (χ3n) is 2.64. The van der Waals surface area contributed by atoms with Crippen LogP contribution in [0.5, 0.6) is 5.75 Å². The zero-order valence-electron chi connectivity index (χ0n) is 9.01. The number of carbonyl (C=O) groups excluding carboxylic acids is 1. The standard InChI is InChI=1S/C14H11BrO2/c15-14(10-16,11-4-2-1-3-5-11)12-6-8-13(17)9-7-12/h1-10,17H. The second-order valence-corrected chi connectivity index (χ2v) is 4.99. The Kier molecular flexibility index (Phi) is 3.29. The Morgan fingerprint density at radius 1 is 0.941 bits per heavy atom. The molecule has 17 heavy (non-hydrogen) atoms. The highest BCUT2D eigenvalue weighted by Crippen LogP contribution is 2.37. The molecule has 0 bridgehead atoms. The SMILES string of the molecule is O=CC(Br)(c1ccccc1)c1ccc(O)cc1. The Hall–Kier alpha value is -1.61. The van der Waals surface area contributed by atoms with E-state index in [1.807, 2.05) is 30.3 Å². The highest BCUT2D eigenvalue weighted by Gasteiger charge is 2.30. The fourth-order valence-corrected chi connectivity index (χ4v) is 2.22. The zero-order chi connectivity index (χ0) is 12.3. The summed E-state index contributed by atoms with van der Waals surface area (Å²) in [5.74, 6) is 0.183. The van der Waals surface area contributed by atoms with Crippen molar-refractivity contribution in [3.63, 3.8) is 0 Å². The predicted molar refractivity (Wildman–Crippen MR) is 70.3 cm³/mol. The summed E-state index contributed by atoms with van der Waals surface area (Å²) in [6.07, 6.45) is 0.856. The molecule has 0 radical (unpaired) electrons. The maximum absolute atomic E-state index is 11.4. The Morgan fingerprint density at radius 2 is 1.47 bits per heavy atom. The molecule has 3 heteroatoms. The Morgan fingerprint density at radius 3 is 2.00 bits per heavy atom. The smallest absolute Gasteiger partial charge is 0.145 e. The lowest BCUT2D eigenvalue weighted by atomic mass is 9.92. The summed E-state index contributed by atoms with van der Waals surface area (Å²) in [5, 5.41) is 9.26. The molecular weight excluding hydrogens is 280 g/mol. The molecule has 0 amide bonds. The minimum absolute atomic E-state index is 0.183. The summed E-state index contributed by atoms with van der Waals surface area (Å²) >= 11 is 3.48. The van der Waals surface area contributed by atoms with E-state index in [1.54, 1.807) is 24.3 Å². The lowest BCUT2D eigenvalue weighted by Gasteiger charge is -2.22. The van der Waals surface area contributed by atoms with Crippen molar-refractivity contribution >= 4 is 22.2 Å². The summed E-state index contributed by atoms with van der Waals surface area (Å²) in [4.78, 5) is 11.4. The number of benzene rings is 2. The monoisotopic (exact) mass is 290 g/mol. The predicted octanol–water partition coefficient (Wildman–Crippen LogP) is 3.23. The number of carbonyl (C=O) groups is 1. The van der Waals surface area contributed by atoms with Gasteiger partial charge in [-0.05, 0) is 23.3 Å². The number of halogens is 1. The number of hydrogen-bond donors (Lipinski definition) is 1. The van der Waals surface area contributed by atoms with E-state index in [4.69, 9.17) is 0 Å². The summed E-state index contributed by atoms with van der Waals surface area (Å²) in [7, 11) is 0. The van der Waals surface area contributed by atoms with Gasteiger partial charge >= 0.3 is 0 Å². The van der Waals surface area contributed by atoms with Gasteiger partial charge in [0.1, 0.15) is 16.4 Å². The number of rotatable bonds is 3. The maximum Gasteiger partial charge on any atom is 0.145 e. The van der Waals surface area contributed by atoms with E-state index in [0.717, 1.165) is 17.4 Å². The van der Waals surface area contributed by atoms with Crippen LogP contribution < -0.4 is 0 Å². The number of phenols is 1. The van der Waals surface area contributed by atoms with E-state index < -0.39 is 4.32 Å². The van der Waals surface area contributed by atoms with E-state index in [0.29, 0.717) is 0 Å². The van der Waals surface area contributed by atoms with Gasteiger partial charge in [0.05, 0.1) is 0 Å². The van der Waals surface area contributed by atoms with Crippen LogP contribution in [0.4, 0.5) is 0 Å². The molecule has 1 atom stereocenters. The highest BCUT2D eigenvalue weighted by atomic mass is 79.9. The minimum Gasteiger partial charge on any atom is -0.508 e. The average molecular weight is 291 g/mol. The molecule has 0 fully saturated rings. The largest absolute Gasteiger partial charge is 0.508 e. The first-order valence-electron chi connectivity index (χ1n) is 5.17. The molecule has 0 aromatic heterocycles. The van der Waals surface area contributed by atoms with Crippen LogP contribution in [0.1, 0.15) is 11.1 Å². The summed E-state index contributed by atoms with van der Waals surface area (Å²) in [5.41, 5.74) is 1.65. The van der Waals surface area contributed by atoms with Crippen LogP contribution in [-0.4, -0.2) is 11.4 Å². The molecule has 2 nitrogen and oxygen atoms in total. The fourth-order valence-electron chi connectivity index (χ4n) is 1.69. The van der Waals surface area contributed by atoms with Gasteiger partial charge in [-0.3, -0.25) is 0 Å². The molecule has 1 unspecified atom stereocenters. The third-order valence-corrected chi connectivity index (χ3v) is 3.75. The number of alkyl halides is 1. The normalized spacial score (nSPS) is 13.9. The van der Waals surface area contributed by atoms with Crippen LogP contribution >= 0.6 is 15.9 Å². The van der Waals surface area contributed by atoms with Crippen LogP contribution in [0.25, 0.3) is 0 Å². The van der Waals surface area contributed by atoms with Gasteiger partial charge in [0.25, 0.3) is 0 Å². The highest BCUT2D eigenvalue weighted by molar-refractivity contribution is 9.10. The van der Waals surface area contributed by atoms with Crippen molar-refractivity contribution in [1.82, 2.24) is 0 Å². The first-order chi connectivity index (χ1) is 8.16. The van der Waals surface area contributed by atoms with Gasteiger partial charge in [0, 0.05) is 0 Å². The van der Waals surface area contributed by atoms with Gasteiger partial charge in [0.2, 0.25) is 0 Å². The second-order valence-electron chi connectivity index (χ2n) is 3.74. The van der Waals surface area contributed by atoms with Crippen LogP contribution in [-0.2, 0) is 9.12 Å². The average Bonchev–Trinajstić information content (AvgIpc) is 2.40. The van der Waals surface area contributed by atoms with Gasteiger partial charge in [0.15, 0.2) is 0 Å². The topological polar surface area (TPSA) is 37.3 Å². The first kappa shape index (κ1) is 11.9. The van der Waals surface area contributed by atoms with Crippen molar-refractivity contribution in [2.75, 3.05) is 0 Å². The zero-order valence-corrected chi connectivity index (χ0v) is 10.6. The van der Waals surface area contributed by atoms with Crippen molar-refractivity contribution in [1.29, 1.82) is 0 Å². The second kappa shape index (κ2) is 4.72. The van der Waals surface area contributed by atoms with E-state index >= 15 is 0 Å². The van der Waals surface area contributed by atoms with Gasteiger partial charge in [-0.1, -0.05) is 58.4 Å². The van der Waals surface area contributed by atoms with Crippen molar-refractivity contribution in [2.24, 2.45) is 0 Å². The summed E-state index contributed by atoms with van der Waals surface area (Å²) in [6, 6.07) is 16.0. The lowest BCUT2D eigenvalue weighted by Crippen LogP contribution is -2.21. The molecule has 0 aliphatic carbocycles. The number of aldehydes is 1. The van der Waals surface area contributed by atoms with Gasteiger partial charge < -0.3 is 9.90 Å². The molecule has 0 aliphatic rings. The summed E-state index contributed by atoms with van der Waals surface area (Å²) in [6.45, 7) is 0. The molecular formula is C14H11BrO2. The maximum atomic E-state index is 11.4. The van der Waals surface area contributed by atoms with E-state index in [9.17, 15) is 9.90 Å². The van der Waals surface area contributed by atoms with Crippen molar-refractivity contribution in [2.45, 2.75) is 4.32 Å². The molecule has 1 N–H and O–H groups in total. The molecule has 0 spiro atoms. The number of aromatic hydroxyl groups is 1. The van der Waals surface area contributed by atoms with E-state index in [1.165, 1.54) is 0 Å². The molecule has 0 saturated heterocycles. The molecule has 0 aliphatic heterocycles. The van der Waals surface area contributed by atoms with Gasteiger partial charge in [-0.25, -0.2) is 0 Å². The van der Waals surface area contributed by atoms with Crippen molar-refractivity contribution in [3.8, 4) is 5.75 Å². The van der Waals surface area contributed by atoms with Crippen LogP contribution in [0, 0.1) is 0 Å². The van der Waals surface area contributed by atoms with Crippen LogP contribution in [0.3, 0.4) is 0 Å². The minimum atomic E-state index is -0.859. The van der Waals surface area contributed by atoms with E-state index in [-0.39, 0.29) is 5.75 Å². The quantitative estimate of drug-likeness (QED) is 0.696. The molecule has 86 valence electrons. The number of phenolic OH excluding ortho intramolecular Hbond substituents is 1. The summed E-state index contributed by atoms with van der Waals surface area (Å²) < 4.78 is -0.859. The lowest BCUT2D eigenvalue weighted by molar-refractivity contribution is -0.109. The van der Waals surface area contributed by atoms with Gasteiger partial charge in [-0.15, -0.1) is 0 Å². The Balaban J connectivity index is 2.51. The Bertz CT molecular complexity index is 508. The molecule has 2 aromatic carbocycles. The Labute approximate surface area is 108 Å². The third kappa shape index (κ3) is 2.24. The first-order valence-corrected chi connectivity index (χ1v) is 5.96. The van der Waals surface area contributed by atoms with E-state index in [2.05, 4.69) is 15.9 Å². The molecule has 2 aromatic rings. The fraction of sp³-hybridized carbons (Fsp3) is 0.0714. The van der Waals surface area contributed by atoms with Crippen LogP contribution in [0.15, 0.2) is 54.6 Å². The number of hydrogen-bond acceptors (Lipinski definition) is 2. The van der Waals surface area contributed by atoms with Crippen LogP contribution in [0.2, 0.25) is 0 Å². The molecule has 0 heterocycles. The molecule has 2 rings (SSSR count).